The Morgan fingerprint density at radius 3 is 2.83 bits per heavy atom. The van der Waals surface area contributed by atoms with E-state index in [1.807, 2.05) is 14.1 Å². The van der Waals surface area contributed by atoms with Gasteiger partial charge in [0.15, 0.2) is 5.96 Å². The predicted octanol–water partition coefficient (Wildman–Crippen LogP) is 1.61. The van der Waals surface area contributed by atoms with E-state index < -0.39 is 0 Å². The van der Waals surface area contributed by atoms with E-state index in [2.05, 4.69) is 32.6 Å². The fourth-order valence-corrected chi connectivity index (χ4v) is 4.27. The summed E-state index contributed by atoms with van der Waals surface area (Å²) in [5.74, 6) is 1.73. The first-order valence-electron chi connectivity index (χ1n) is 9.11. The predicted molar refractivity (Wildman–Crippen MR) is 93.7 cm³/mol. The Labute approximate surface area is 144 Å². The third-order valence-electron chi connectivity index (χ3n) is 5.69. The molecule has 134 valence electrons. The maximum Gasteiger partial charge on any atom is 0.191 e. The second kappa shape index (κ2) is 7.51. The van der Waals surface area contributed by atoms with Crippen LogP contribution in [0.2, 0.25) is 0 Å². The first-order valence-corrected chi connectivity index (χ1v) is 9.11. The molecule has 1 spiro atoms. The van der Waals surface area contributed by atoms with Crippen molar-refractivity contribution in [3.8, 4) is 0 Å². The lowest BCUT2D eigenvalue weighted by Gasteiger charge is -2.57. The van der Waals surface area contributed by atoms with Crippen LogP contribution in [-0.2, 0) is 18.3 Å². The largest absolute Gasteiger partial charge is 0.378 e. The van der Waals surface area contributed by atoms with Gasteiger partial charge in [-0.1, -0.05) is 19.3 Å². The lowest BCUT2D eigenvalue weighted by molar-refractivity contribution is -0.145. The summed E-state index contributed by atoms with van der Waals surface area (Å²) in [6.07, 6.45) is 9.54. The minimum atomic E-state index is 0.288. The van der Waals surface area contributed by atoms with Crippen LogP contribution >= 0.6 is 0 Å². The number of aryl methyl sites for hydroxylation is 1. The number of guanidine groups is 1. The van der Waals surface area contributed by atoms with Crippen LogP contribution in [0.15, 0.2) is 11.3 Å². The van der Waals surface area contributed by atoms with Crippen molar-refractivity contribution in [3.63, 3.8) is 0 Å². The van der Waals surface area contributed by atoms with Crippen molar-refractivity contribution in [1.82, 2.24) is 25.4 Å². The Hall–Kier alpha value is -1.63. The molecule has 0 aliphatic heterocycles. The molecular formula is C17H30N6O. The summed E-state index contributed by atoms with van der Waals surface area (Å²) in [6, 6.07) is 0.444. The molecule has 2 fully saturated rings. The summed E-state index contributed by atoms with van der Waals surface area (Å²) in [5.41, 5.74) is 0.288. The Bertz CT molecular complexity index is 563. The SMILES string of the molecule is CCOC1CC(NC(=NC)NCc2ncnn2C)C12CCCCC2. The van der Waals surface area contributed by atoms with Gasteiger partial charge >= 0.3 is 0 Å². The molecular weight excluding hydrogens is 304 g/mol. The number of rotatable bonds is 5. The quantitative estimate of drug-likeness (QED) is 0.632. The van der Waals surface area contributed by atoms with Crippen LogP contribution in [0, 0.1) is 5.41 Å². The normalized spacial score (nSPS) is 26.2. The summed E-state index contributed by atoms with van der Waals surface area (Å²) >= 11 is 0. The standard InChI is InChI=1S/C17H30N6O/c1-4-24-14-10-13(17(14)8-6-5-7-9-17)22-16(18-2)19-11-15-20-12-21-23(15)3/h12-14H,4-11H2,1-3H3,(H2,18,19,22). The van der Waals surface area contributed by atoms with Gasteiger partial charge in [0.2, 0.25) is 0 Å². The Morgan fingerprint density at radius 2 is 2.21 bits per heavy atom. The van der Waals surface area contributed by atoms with Gasteiger partial charge < -0.3 is 15.4 Å². The molecule has 2 unspecified atom stereocenters. The monoisotopic (exact) mass is 334 g/mol. The van der Waals surface area contributed by atoms with E-state index in [9.17, 15) is 0 Å². The van der Waals surface area contributed by atoms with Crippen molar-refractivity contribution in [2.75, 3.05) is 13.7 Å². The molecule has 2 N–H and O–H groups in total. The molecule has 1 aromatic heterocycles. The van der Waals surface area contributed by atoms with E-state index in [0.29, 0.717) is 18.7 Å². The van der Waals surface area contributed by atoms with Crippen LogP contribution in [0.3, 0.4) is 0 Å². The first kappa shape index (κ1) is 17.2. The van der Waals surface area contributed by atoms with Gasteiger partial charge in [-0.2, -0.15) is 5.10 Å². The van der Waals surface area contributed by atoms with Crippen LogP contribution in [0.5, 0.6) is 0 Å². The maximum absolute atomic E-state index is 6.03. The number of aromatic nitrogens is 3. The highest BCUT2D eigenvalue weighted by Gasteiger charge is 2.55. The van der Waals surface area contributed by atoms with Crippen molar-refractivity contribution in [3.05, 3.63) is 12.2 Å². The van der Waals surface area contributed by atoms with Gasteiger partial charge in [-0.25, -0.2) is 4.98 Å². The zero-order chi connectivity index (χ0) is 17.0. The van der Waals surface area contributed by atoms with Crippen LogP contribution in [-0.4, -0.2) is 46.5 Å². The Kier molecular flexibility index (Phi) is 5.38. The molecule has 7 heteroatoms. The molecule has 0 radical (unpaired) electrons. The summed E-state index contributed by atoms with van der Waals surface area (Å²) < 4.78 is 7.80. The van der Waals surface area contributed by atoms with Crippen LogP contribution < -0.4 is 10.6 Å². The van der Waals surface area contributed by atoms with Gasteiger partial charge in [0, 0.05) is 32.2 Å². The topological polar surface area (TPSA) is 76.4 Å². The van der Waals surface area contributed by atoms with Crippen molar-refractivity contribution in [2.24, 2.45) is 17.5 Å². The smallest absolute Gasteiger partial charge is 0.191 e. The van der Waals surface area contributed by atoms with E-state index in [1.54, 1.807) is 11.0 Å². The number of hydrogen-bond acceptors (Lipinski definition) is 4. The van der Waals surface area contributed by atoms with E-state index in [1.165, 1.54) is 32.1 Å². The average Bonchev–Trinajstić information content (AvgIpc) is 3.02. The minimum Gasteiger partial charge on any atom is -0.378 e. The van der Waals surface area contributed by atoms with Crippen molar-refractivity contribution < 1.29 is 4.74 Å². The van der Waals surface area contributed by atoms with Gasteiger partial charge in [0.1, 0.15) is 12.2 Å². The molecule has 0 bridgehead atoms. The first-order chi connectivity index (χ1) is 11.7. The summed E-state index contributed by atoms with van der Waals surface area (Å²) in [6.45, 7) is 3.52. The molecule has 1 heterocycles. The van der Waals surface area contributed by atoms with Gasteiger partial charge in [-0.15, -0.1) is 0 Å². The van der Waals surface area contributed by atoms with E-state index >= 15 is 0 Å². The molecule has 0 saturated heterocycles. The highest BCUT2D eigenvalue weighted by Crippen LogP contribution is 2.53. The zero-order valence-electron chi connectivity index (χ0n) is 15.1. The number of ether oxygens (including phenoxy) is 1. The van der Waals surface area contributed by atoms with E-state index in [0.717, 1.165) is 24.8 Å². The van der Waals surface area contributed by atoms with Crippen molar-refractivity contribution >= 4 is 5.96 Å². The van der Waals surface area contributed by atoms with Crippen LogP contribution in [0.1, 0.15) is 51.3 Å². The highest BCUT2D eigenvalue weighted by molar-refractivity contribution is 5.80. The second-order valence-corrected chi connectivity index (χ2v) is 6.90. The summed E-state index contributed by atoms with van der Waals surface area (Å²) in [7, 11) is 3.72. The molecule has 1 aromatic rings. The second-order valence-electron chi connectivity index (χ2n) is 6.90. The Balaban J connectivity index is 1.60. The molecule has 2 atom stereocenters. The third-order valence-corrected chi connectivity index (χ3v) is 5.69. The fourth-order valence-electron chi connectivity index (χ4n) is 4.27. The fraction of sp³-hybridized carbons (Fsp3) is 0.824. The lowest BCUT2D eigenvalue weighted by atomic mass is 9.55. The number of nitrogens with zero attached hydrogens (tertiary/aromatic N) is 4. The number of aliphatic imine (C=N–C) groups is 1. The zero-order valence-corrected chi connectivity index (χ0v) is 15.1. The highest BCUT2D eigenvalue weighted by atomic mass is 16.5. The third kappa shape index (κ3) is 3.27. The molecule has 0 amide bonds. The molecule has 2 aliphatic carbocycles. The Morgan fingerprint density at radius 1 is 1.42 bits per heavy atom. The number of nitrogens with one attached hydrogen (secondary N) is 2. The lowest BCUT2D eigenvalue weighted by Crippen LogP contribution is -2.66. The van der Waals surface area contributed by atoms with E-state index in [-0.39, 0.29) is 5.41 Å². The number of hydrogen-bond donors (Lipinski definition) is 2. The van der Waals surface area contributed by atoms with Gasteiger partial charge in [-0.05, 0) is 26.2 Å². The van der Waals surface area contributed by atoms with Gasteiger partial charge in [-0.3, -0.25) is 9.67 Å². The molecule has 3 rings (SSSR count). The van der Waals surface area contributed by atoms with Crippen LogP contribution in [0.25, 0.3) is 0 Å². The maximum atomic E-state index is 6.03. The molecule has 24 heavy (non-hydrogen) atoms. The molecule has 2 saturated carbocycles. The average molecular weight is 334 g/mol. The minimum absolute atomic E-state index is 0.288. The van der Waals surface area contributed by atoms with Gasteiger partial charge in [0.05, 0.1) is 12.6 Å². The molecule has 2 aliphatic rings. The van der Waals surface area contributed by atoms with Gasteiger partial charge in [0.25, 0.3) is 0 Å². The molecule has 7 nitrogen and oxygen atoms in total. The van der Waals surface area contributed by atoms with E-state index in [4.69, 9.17) is 4.74 Å². The summed E-state index contributed by atoms with van der Waals surface area (Å²) in [5, 5.41) is 11.1. The van der Waals surface area contributed by atoms with Crippen molar-refractivity contribution in [1.29, 1.82) is 0 Å². The van der Waals surface area contributed by atoms with Crippen molar-refractivity contribution in [2.45, 2.75) is 64.1 Å². The summed E-state index contributed by atoms with van der Waals surface area (Å²) in [4.78, 5) is 8.63. The molecule has 0 aromatic carbocycles. The van der Waals surface area contributed by atoms with Crippen LogP contribution in [0.4, 0.5) is 0 Å².